The van der Waals surface area contributed by atoms with Gasteiger partial charge >= 0.3 is 5.97 Å². The monoisotopic (exact) mass is 406 g/mol. The number of amides is 1. The first-order valence-electron chi connectivity index (χ1n) is 8.30. The van der Waals surface area contributed by atoms with Crippen molar-refractivity contribution in [1.29, 1.82) is 0 Å². The molecule has 0 radical (unpaired) electrons. The van der Waals surface area contributed by atoms with Gasteiger partial charge in [0.15, 0.2) is 0 Å². The zero-order chi connectivity index (χ0) is 20.9. The molecule has 0 aliphatic heterocycles. The van der Waals surface area contributed by atoms with Crippen LogP contribution in [0, 0.1) is 0 Å². The Labute approximate surface area is 164 Å². The topological polar surface area (TPSA) is 102 Å². The second-order valence-electron chi connectivity index (χ2n) is 5.96. The maximum absolute atomic E-state index is 12.8. The van der Waals surface area contributed by atoms with E-state index in [1.807, 2.05) is 0 Å². The van der Waals surface area contributed by atoms with Crippen LogP contribution in [0.25, 0.3) is 0 Å². The second-order valence-corrected chi connectivity index (χ2v) is 7.82. The van der Waals surface area contributed by atoms with Gasteiger partial charge in [-0.25, -0.2) is 13.2 Å². The number of hydrogen-bond acceptors (Lipinski definition) is 6. The number of sulfonamides is 1. The third-order valence-corrected chi connectivity index (χ3v) is 5.23. The number of rotatable bonds is 7. The van der Waals surface area contributed by atoms with E-state index in [4.69, 9.17) is 9.47 Å². The summed E-state index contributed by atoms with van der Waals surface area (Å²) in [5.74, 6) is -0.768. The first kappa shape index (κ1) is 21.2. The smallest absolute Gasteiger partial charge is 0.339 e. The SMILES string of the molecule is COC(=O)c1ccccc1NC(=O)[C@@H](C)N(c1cccc(OC)c1)S(C)(=O)=O. The molecule has 0 saturated carbocycles. The number of benzene rings is 2. The first-order valence-corrected chi connectivity index (χ1v) is 10.2. The molecule has 9 heteroatoms. The number of nitrogens with one attached hydrogen (secondary N) is 1. The standard InChI is InChI=1S/C19H22N2O6S/c1-13(18(22)20-17-11-6-5-10-16(17)19(23)27-3)21(28(4,24)25)14-8-7-9-15(12-14)26-2/h5-13H,1-4H3,(H,20,22)/t13-/m1/s1. The van der Waals surface area contributed by atoms with Gasteiger partial charge in [-0.1, -0.05) is 18.2 Å². The molecule has 2 rings (SSSR count). The number of anilines is 2. The number of carbonyl (C=O) groups excluding carboxylic acids is 2. The van der Waals surface area contributed by atoms with E-state index in [2.05, 4.69) is 5.32 Å². The van der Waals surface area contributed by atoms with Crippen LogP contribution in [0.4, 0.5) is 11.4 Å². The Morgan fingerprint density at radius 2 is 1.75 bits per heavy atom. The van der Waals surface area contributed by atoms with E-state index in [0.29, 0.717) is 5.75 Å². The van der Waals surface area contributed by atoms with Crippen LogP contribution in [0.3, 0.4) is 0 Å². The van der Waals surface area contributed by atoms with Gasteiger partial charge in [-0.3, -0.25) is 9.10 Å². The lowest BCUT2D eigenvalue weighted by atomic mass is 10.1. The average molecular weight is 406 g/mol. The summed E-state index contributed by atoms with van der Waals surface area (Å²) in [6.07, 6.45) is 1.01. The van der Waals surface area contributed by atoms with Crippen molar-refractivity contribution < 1.29 is 27.5 Å². The van der Waals surface area contributed by atoms with Crippen molar-refractivity contribution in [3.05, 3.63) is 54.1 Å². The minimum atomic E-state index is -3.79. The normalized spacial score (nSPS) is 12.0. The fourth-order valence-electron chi connectivity index (χ4n) is 2.67. The van der Waals surface area contributed by atoms with Gasteiger partial charge in [-0.2, -0.15) is 0 Å². The highest BCUT2D eigenvalue weighted by molar-refractivity contribution is 7.92. The highest BCUT2D eigenvalue weighted by Crippen LogP contribution is 2.26. The molecule has 150 valence electrons. The van der Waals surface area contributed by atoms with Crippen LogP contribution in [0.1, 0.15) is 17.3 Å². The zero-order valence-corrected chi connectivity index (χ0v) is 16.8. The molecule has 2 aromatic carbocycles. The summed E-state index contributed by atoms with van der Waals surface area (Å²) in [6.45, 7) is 1.45. The van der Waals surface area contributed by atoms with E-state index in [-0.39, 0.29) is 16.9 Å². The molecular weight excluding hydrogens is 384 g/mol. The molecular formula is C19H22N2O6S. The molecule has 28 heavy (non-hydrogen) atoms. The molecule has 0 saturated heterocycles. The van der Waals surface area contributed by atoms with Gasteiger partial charge in [0.25, 0.3) is 0 Å². The van der Waals surface area contributed by atoms with E-state index in [9.17, 15) is 18.0 Å². The molecule has 0 spiro atoms. The Hall–Kier alpha value is -3.07. The fraction of sp³-hybridized carbons (Fsp3) is 0.263. The van der Waals surface area contributed by atoms with Crippen molar-refractivity contribution in [1.82, 2.24) is 0 Å². The summed E-state index contributed by atoms with van der Waals surface area (Å²) in [4.78, 5) is 24.7. The van der Waals surface area contributed by atoms with Crippen LogP contribution in [0.15, 0.2) is 48.5 Å². The molecule has 0 fully saturated rings. The third kappa shape index (κ3) is 4.80. The van der Waals surface area contributed by atoms with Crippen molar-refractivity contribution >= 4 is 33.3 Å². The molecule has 0 heterocycles. The first-order chi connectivity index (χ1) is 13.2. The molecule has 1 N–H and O–H groups in total. The number of nitrogens with zero attached hydrogens (tertiary/aromatic N) is 1. The summed E-state index contributed by atoms with van der Waals surface area (Å²) in [7, 11) is -1.09. The van der Waals surface area contributed by atoms with Gasteiger partial charge < -0.3 is 14.8 Å². The molecule has 2 aromatic rings. The molecule has 0 aliphatic carbocycles. The van der Waals surface area contributed by atoms with E-state index in [1.54, 1.807) is 30.3 Å². The van der Waals surface area contributed by atoms with Gasteiger partial charge in [0.05, 0.1) is 37.4 Å². The molecule has 0 aromatic heterocycles. The minimum Gasteiger partial charge on any atom is -0.497 e. The Bertz CT molecular complexity index is 974. The second kappa shape index (κ2) is 8.75. The Balaban J connectivity index is 2.37. The number of para-hydroxylation sites is 1. The van der Waals surface area contributed by atoms with Gasteiger partial charge in [-0.05, 0) is 31.2 Å². The van der Waals surface area contributed by atoms with Crippen LogP contribution in [-0.4, -0.2) is 46.8 Å². The highest BCUT2D eigenvalue weighted by Gasteiger charge is 2.30. The van der Waals surface area contributed by atoms with E-state index in [1.165, 1.54) is 39.3 Å². The van der Waals surface area contributed by atoms with Crippen LogP contribution in [0.2, 0.25) is 0 Å². The van der Waals surface area contributed by atoms with Gasteiger partial charge in [0.1, 0.15) is 11.8 Å². The fourth-order valence-corrected chi connectivity index (χ4v) is 3.84. The largest absolute Gasteiger partial charge is 0.497 e. The summed E-state index contributed by atoms with van der Waals surface area (Å²) < 4.78 is 35.6. The highest BCUT2D eigenvalue weighted by atomic mass is 32.2. The maximum Gasteiger partial charge on any atom is 0.339 e. The van der Waals surface area contributed by atoms with Crippen molar-refractivity contribution in [2.24, 2.45) is 0 Å². The molecule has 8 nitrogen and oxygen atoms in total. The molecule has 1 atom stereocenters. The van der Waals surface area contributed by atoms with E-state index < -0.39 is 27.9 Å². The Morgan fingerprint density at radius 1 is 1.07 bits per heavy atom. The summed E-state index contributed by atoms with van der Waals surface area (Å²) in [5.41, 5.74) is 0.675. The predicted octanol–water partition coefficient (Wildman–Crippen LogP) is 2.28. The lowest BCUT2D eigenvalue weighted by Crippen LogP contribution is -2.45. The van der Waals surface area contributed by atoms with Crippen LogP contribution < -0.4 is 14.4 Å². The van der Waals surface area contributed by atoms with E-state index >= 15 is 0 Å². The van der Waals surface area contributed by atoms with Crippen molar-refractivity contribution in [2.45, 2.75) is 13.0 Å². The summed E-state index contributed by atoms with van der Waals surface area (Å²) >= 11 is 0. The van der Waals surface area contributed by atoms with Crippen molar-refractivity contribution in [3.8, 4) is 5.75 Å². The van der Waals surface area contributed by atoms with Gasteiger partial charge in [0, 0.05) is 6.07 Å². The van der Waals surface area contributed by atoms with Gasteiger partial charge in [-0.15, -0.1) is 0 Å². The van der Waals surface area contributed by atoms with Crippen LogP contribution in [-0.2, 0) is 19.6 Å². The van der Waals surface area contributed by atoms with Crippen LogP contribution in [0.5, 0.6) is 5.75 Å². The predicted molar refractivity (Wildman–Crippen MR) is 106 cm³/mol. The van der Waals surface area contributed by atoms with Crippen molar-refractivity contribution in [2.75, 3.05) is 30.1 Å². The quantitative estimate of drug-likeness (QED) is 0.708. The third-order valence-electron chi connectivity index (χ3n) is 3.99. The number of hydrogen-bond donors (Lipinski definition) is 1. The van der Waals surface area contributed by atoms with Crippen molar-refractivity contribution in [3.63, 3.8) is 0 Å². The molecule has 0 unspecified atom stereocenters. The number of esters is 1. The number of methoxy groups -OCH3 is 2. The average Bonchev–Trinajstić information content (AvgIpc) is 2.66. The zero-order valence-electron chi connectivity index (χ0n) is 16.0. The molecule has 1 amide bonds. The van der Waals surface area contributed by atoms with Crippen LogP contribution >= 0.6 is 0 Å². The van der Waals surface area contributed by atoms with Gasteiger partial charge in [0.2, 0.25) is 15.9 Å². The number of ether oxygens (including phenoxy) is 2. The Kier molecular flexibility index (Phi) is 6.63. The maximum atomic E-state index is 12.8. The Morgan fingerprint density at radius 3 is 2.36 bits per heavy atom. The lowest BCUT2D eigenvalue weighted by molar-refractivity contribution is -0.116. The summed E-state index contributed by atoms with van der Waals surface area (Å²) in [6, 6.07) is 11.6. The summed E-state index contributed by atoms with van der Waals surface area (Å²) in [5, 5.41) is 2.60. The number of carbonyl (C=O) groups is 2. The lowest BCUT2D eigenvalue weighted by Gasteiger charge is -2.28. The van der Waals surface area contributed by atoms with E-state index in [0.717, 1.165) is 10.6 Å². The minimum absolute atomic E-state index is 0.165. The molecule has 0 bridgehead atoms. The molecule has 0 aliphatic rings.